The van der Waals surface area contributed by atoms with E-state index in [1.54, 1.807) is 6.20 Å². The number of hydrogen-bond donors (Lipinski definition) is 3. The summed E-state index contributed by atoms with van der Waals surface area (Å²) in [6, 6.07) is 3.78. The van der Waals surface area contributed by atoms with Gasteiger partial charge in [-0.05, 0) is 25.0 Å². The maximum Gasteiger partial charge on any atom is 0.146 e. The molecule has 1 aliphatic rings. The van der Waals surface area contributed by atoms with Gasteiger partial charge in [0.1, 0.15) is 5.82 Å². The molecule has 0 unspecified atom stereocenters. The van der Waals surface area contributed by atoms with Crippen LogP contribution >= 0.6 is 0 Å². The Morgan fingerprint density at radius 2 is 2.19 bits per heavy atom. The molecule has 0 atom stereocenters. The van der Waals surface area contributed by atoms with Gasteiger partial charge in [-0.25, -0.2) is 4.98 Å². The van der Waals surface area contributed by atoms with Crippen LogP contribution < -0.4 is 11.1 Å². The Kier molecular flexibility index (Phi) is 3.29. The number of nitrogens with two attached hydrogens (primary N) is 1. The topological polar surface area (TPSA) is 71.2 Å². The molecule has 1 heterocycles. The lowest BCUT2D eigenvalue weighted by Gasteiger charge is -2.27. The smallest absolute Gasteiger partial charge is 0.146 e. The van der Waals surface area contributed by atoms with Gasteiger partial charge in [0, 0.05) is 18.2 Å². The van der Waals surface area contributed by atoms with E-state index in [1.807, 2.05) is 12.1 Å². The van der Waals surface area contributed by atoms with Crippen LogP contribution in [0.5, 0.6) is 0 Å². The van der Waals surface area contributed by atoms with Crippen molar-refractivity contribution in [3.63, 3.8) is 0 Å². The average molecular weight is 221 g/mol. The summed E-state index contributed by atoms with van der Waals surface area (Å²) in [7, 11) is 0. The van der Waals surface area contributed by atoms with E-state index in [0.717, 1.165) is 25.1 Å². The van der Waals surface area contributed by atoms with E-state index in [9.17, 15) is 5.11 Å². The van der Waals surface area contributed by atoms with Crippen LogP contribution in [0.25, 0.3) is 0 Å². The summed E-state index contributed by atoms with van der Waals surface area (Å²) in [5, 5.41) is 12.8. The fourth-order valence-corrected chi connectivity index (χ4v) is 2.37. The normalized spacial score (nSPS) is 18.6. The fourth-order valence-electron chi connectivity index (χ4n) is 2.37. The molecule has 16 heavy (non-hydrogen) atoms. The number of rotatable bonds is 4. The Labute approximate surface area is 95.9 Å². The Morgan fingerprint density at radius 1 is 1.44 bits per heavy atom. The molecular formula is C12H19N3O. The van der Waals surface area contributed by atoms with Crippen molar-refractivity contribution in [3.8, 4) is 0 Å². The van der Waals surface area contributed by atoms with Crippen LogP contribution in [0.1, 0.15) is 25.7 Å². The van der Waals surface area contributed by atoms with Gasteiger partial charge in [-0.1, -0.05) is 12.8 Å². The van der Waals surface area contributed by atoms with Gasteiger partial charge in [0.05, 0.1) is 12.3 Å². The van der Waals surface area contributed by atoms with E-state index in [-0.39, 0.29) is 12.0 Å². The van der Waals surface area contributed by atoms with E-state index >= 15 is 0 Å². The first kappa shape index (κ1) is 11.2. The summed E-state index contributed by atoms with van der Waals surface area (Å²) >= 11 is 0. The highest BCUT2D eigenvalue weighted by atomic mass is 16.3. The van der Waals surface area contributed by atoms with E-state index < -0.39 is 0 Å². The first-order valence-electron chi connectivity index (χ1n) is 5.81. The Balaban J connectivity index is 1.98. The zero-order valence-corrected chi connectivity index (χ0v) is 9.45. The maximum absolute atomic E-state index is 9.48. The van der Waals surface area contributed by atoms with E-state index in [4.69, 9.17) is 5.73 Å². The molecule has 4 nitrogen and oxygen atoms in total. The number of aliphatic hydroxyl groups excluding tert-OH is 1. The Hall–Kier alpha value is -1.29. The lowest BCUT2D eigenvalue weighted by Crippen LogP contribution is -2.30. The van der Waals surface area contributed by atoms with Crippen LogP contribution in [0, 0.1) is 5.41 Å². The number of aliphatic hydroxyl groups is 1. The molecule has 0 bridgehead atoms. The van der Waals surface area contributed by atoms with Gasteiger partial charge in [0.2, 0.25) is 0 Å². The monoisotopic (exact) mass is 221 g/mol. The van der Waals surface area contributed by atoms with E-state index in [0.29, 0.717) is 5.82 Å². The molecule has 0 aromatic carbocycles. The minimum atomic E-state index is 0.0439. The quantitative estimate of drug-likeness (QED) is 0.722. The van der Waals surface area contributed by atoms with Crippen molar-refractivity contribution in [2.75, 3.05) is 24.2 Å². The van der Waals surface area contributed by atoms with Crippen molar-refractivity contribution in [2.45, 2.75) is 25.7 Å². The highest BCUT2D eigenvalue weighted by molar-refractivity contribution is 5.60. The summed E-state index contributed by atoms with van der Waals surface area (Å²) < 4.78 is 0. The standard InChI is InChI=1S/C12H19N3O/c13-11-10(4-3-7-14-11)15-8-12(9-16)5-1-2-6-12/h3-4,7,15-16H,1-2,5-6,8-9H2,(H2,13,14). The van der Waals surface area contributed by atoms with Crippen molar-refractivity contribution in [3.05, 3.63) is 18.3 Å². The number of nitrogens with zero attached hydrogens (tertiary/aromatic N) is 1. The van der Waals surface area contributed by atoms with Gasteiger partial charge in [-0.2, -0.15) is 0 Å². The summed E-state index contributed by atoms with van der Waals surface area (Å²) in [4.78, 5) is 4.03. The van der Waals surface area contributed by atoms with Crippen LogP contribution in [0.2, 0.25) is 0 Å². The lowest BCUT2D eigenvalue weighted by molar-refractivity contribution is 0.142. The van der Waals surface area contributed by atoms with Gasteiger partial charge < -0.3 is 16.2 Å². The minimum absolute atomic E-state index is 0.0439. The molecule has 2 rings (SSSR count). The van der Waals surface area contributed by atoms with Gasteiger partial charge in [0.15, 0.2) is 0 Å². The number of aromatic nitrogens is 1. The highest BCUT2D eigenvalue weighted by Gasteiger charge is 2.32. The maximum atomic E-state index is 9.48. The van der Waals surface area contributed by atoms with Crippen LogP contribution in [0.15, 0.2) is 18.3 Å². The van der Waals surface area contributed by atoms with Gasteiger partial charge in [-0.3, -0.25) is 0 Å². The molecule has 4 N–H and O–H groups in total. The number of nitrogen functional groups attached to an aromatic ring is 1. The molecular weight excluding hydrogens is 202 g/mol. The molecule has 1 aromatic heterocycles. The second-order valence-corrected chi connectivity index (χ2v) is 4.65. The molecule has 1 aromatic rings. The first-order chi connectivity index (χ1) is 7.76. The second kappa shape index (κ2) is 4.70. The lowest BCUT2D eigenvalue weighted by atomic mass is 9.87. The Morgan fingerprint density at radius 3 is 2.81 bits per heavy atom. The average Bonchev–Trinajstić information content (AvgIpc) is 2.78. The van der Waals surface area contributed by atoms with E-state index in [1.165, 1.54) is 12.8 Å². The van der Waals surface area contributed by atoms with E-state index in [2.05, 4.69) is 10.3 Å². The molecule has 0 radical (unpaired) electrons. The van der Waals surface area contributed by atoms with Crippen molar-refractivity contribution in [2.24, 2.45) is 5.41 Å². The molecule has 4 heteroatoms. The molecule has 0 amide bonds. The molecule has 0 spiro atoms. The zero-order chi connectivity index (χ0) is 11.4. The van der Waals surface area contributed by atoms with Crippen molar-refractivity contribution in [1.82, 2.24) is 4.98 Å². The fraction of sp³-hybridized carbons (Fsp3) is 0.583. The highest BCUT2D eigenvalue weighted by Crippen LogP contribution is 2.37. The summed E-state index contributed by atoms with van der Waals surface area (Å²) in [6.07, 6.45) is 6.29. The first-order valence-corrected chi connectivity index (χ1v) is 5.81. The summed E-state index contributed by atoms with van der Waals surface area (Å²) in [6.45, 7) is 1.03. The SMILES string of the molecule is Nc1ncccc1NCC1(CO)CCCC1. The predicted molar refractivity (Wildman–Crippen MR) is 65.1 cm³/mol. The van der Waals surface area contributed by atoms with Gasteiger partial charge in [-0.15, -0.1) is 0 Å². The molecule has 1 aliphatic carbocycles. The third kappa shape index (κ3) is 2.27. The molecule has 1 fully saturated rings. The largest absolute Gasteiger partial charge is 0.396 e. The van der Waals surface area contributed by atoms with Crippen molar-refractivity contribution in [1.29, 1.82) is 0 Å². The van der Waals surface area contributed by atoms with Crippen LogP contribution in [-0.2, 0) is 0 Å². The molecule has 1 saturated carbocycles. The summed E-state index contributed by atoms with van der Waals surface area (Å²) in [5.41, 5.74) is 6.66. The minimum Gasteiger partial charge on any atom is -0.396 e. The Bertz CT molecular complexity index is 348. The van der Waals surface area contributed by atoms with Crippen molar-refractivity contribution >= 4 is 11.5 Å². The number of anilines is 2. The van der Waals surface area contributed by atoms with Crippen LogP contribution in [0.4, 0.5) is 11.5 Å². The number of nitrogens with one attached hydrogen (secondary N) is 1. The zero-order valence-electron chi connectivity index (χ0n) is 9.45. The predicted octanol–water partition coefficient (Wildman–Crippen LogP) is 1.63. The number of hydrogen-bond acceptors (Lipinski definition) is 4. The number of pyridine rings is 1. The molecule has 88 valence electrons. The van der Waals surface area contributed by atoms with Crippen LogP contribution in [0.3, 0.4) is 0 Å². The van der Waals surface area contributed by atoms with Crippen molar-refractivity contribution < 1.29 is 5.11 Å². The molecule has 0 saturated heterocycles. The van der Waals surface area contributed by atoms with Gasteiger partial charge >= 0.3 is 0 Å². The van der Waals surface area contributed by atoms with Gasteiger partial charge in [0.25, 0.3) is 0 Å². The summed E-state index contributed by atoms with van der Waals surface area (Å²) in [5.74, 6) is 0.522. The third-order valence-electron chi connectivity index (χ3n) is 3.49. The second-order valence-electron chi connectivity index (χ2n) is 4.65. The van der Waals surface area contributed by atoms with Crippen LogP contribution in [-0.4, -0.2) is 23.2 Å². The third-order valence-corrected chi connectivity index (χ3v) is 3.49. The molecule has 0 aliphatic heterocycles.